The van der Waals surface area contributed by atoms with E-state index in [1.165, 1.54) is 76.0 Å². The normalized spacial score (nSPS) is 33.3. The molecule has 19 heavy (non-hydrogen) atoms. The average molecular weight is 264 g/mol. The van der Waals surface area contributed by atoms with Crippen LogP contribution in [-0.4, -0.2) is 0 Å². The summed E-state index contributed by atoms with van der Waals surface area (Å²) in [5.41, 5.74) is 0. The molecule has 0 saturated heterocycles. The van der Waals surface area contributed by atoms with Crippen LogP contribution in [0.2, 0.25) is 0 Å². The van der Waals surface area contributed by atoms with Crippen LogP contribution in [0.1, 0.15) is 103 Å². The smallest absolute Gasteiger partial charge is 0.0411 e. The zero-order valence-corrected chi connectivity index (χ0v) is 13.3. The minimum atomic E-state index is 1.05. The maximum Gasteiger partial charge on any atom is -0.0411 e. The lowest BCUT2D eigenvalue weighted by molar-refractivity contribution is 0.480. The van der Waals surface area contributed by atoms with Crippen LogP contribution in [0.5, 0.6) is 0 Å². The van der Waals surface area contributed by atoms with Gasteiger partial charge in [0.2, 0.25) is 0 Å². The topological polar surface area (TPSA) is 0 Å². The molecule has 4 aliphatic carbocycles. The van der Waals surface area contributed by atoms with E-state index in [9.17, 15) is 0 Å². The molecule has 0 radical (unpaired) electrons. The maximum absolute atomic E-state index is 2.34. The molecule has 4 rings (SSSR count). The largest absolute Gasteiger partial charge is 0.0625 e. The summed E-state index contributed by atoms with van der Waals surface area (Å²) in [6.45, 7) is 2.34. The molecule has 0 amide bonds. The molecule has 112 valence electrons. The standard InChI is InChI=1S/C7H12.2C6H12/c1-2-7-4-3-6(1)5-7;1-6-4-2-3-5-6;1-2-4-6-5-3-1/h6-7H,1-5H2;6H,2-5H2,1H3;1-6H2. The summed E-state index contributed by atoms with van der Waals surface area (Å²) < 4.78 is 0. The van der Waals surface area contributed by atoms with Gasteiger partial charge in [0.1, 0.15) is 0 Å². The Hall–Kier alpha value is 0. The van der Waals surface area contributed by atoms with Crippen molar-refractivity contribution in [3.63, 3.8) is 0 Å². The molecular formula is C19H36. The predicted molar refractivity (Wildman–Crippen MR) is 85.4 cm³/mol. The molecule has 0 aromatic rings. The van der Waals surface area contributed by atoms with Crippen LogP contribution in [0.4, 0.5) is 0 Å². The van der Waals surface area contributed by atoms with Crippen LogP contribution in [0.3, 0.4) is 0 Å². The van der Waals surface area contributed by atoms with Crippen molar-refractivity contribution in [1.29, 1.82) is 0 Å². The van der Waals surface area contributed by atoms with Crippen molar-refractivity contribution < 1.29 is 0 Å². The highest BCUT2D eigenvalue weighted by Crippen LogP contribution is 2.43. The Balaban J connectivity index is 0.000000106. The Labute approximate surface area is 121 Å². The molecular weight excluding hydrogens is 228 g/mol. The van der Waals surface area contributed by atoms with Crippen molar-refractivity contribution in [2.45, 2.75) is 103 Å². The lowest BCUT2D eigenvalue weighted by Gasteiger charge is -2.05. The van der Waals surface area contributed by atoms with Crippen LogP contribution in [0, 0.1) is 17.8 Å². The van der Waals surface area contributed by atoms with Gasteiger partial charge in [0.25, 0.3) is 0 Å². The Bertz CT molecular complexity index is 181. The lowest BCUT2D eigenvalue weighted by Crippen LogP contribution is -1.90. The van der Waals surface area contributed by atoms with Gasteiger partial charge in [-0.25, -0.2) is 0 Å². The van der Waals surface area contributed by atoms with E-state index in [0.717, 1.165) is 5.92 Å². The van der Waals surface area contributed by atoms with Crippen molar-refractivity contribution in [3.8, 4) is 0 Å². The summed E-state index contributed by atoms with van der Waals surface area (Å²) in [6, 6.07) is 0. The molecule has 0 heterocycles. The van der Waals surface area contributed by atoms with Crippen molar-refractivity contribution in [2.24, 2.45) is 17.8 Å². The van der Waals surface area contributed by atoms with Gasteiger partial charge in [0, 0.05) is 0 Å². The number of hydrogen-bond donors (Lipinski definition) is 0. The van der Waals surface area contributed by atoms with Crippen LogP contribution in [0.15, 0.2) is 0 Å². The summed E-state index contributed by atoms with van der Waals surface area (Å²) in [6.07, 6.45) is 22.8. The average Bonchev–Trinajstić information content (AvgIpc) is 3.21. The van der Waals surface area contributed by atoms with E-state index in [4.69, 9.17) is 0 Å². The van der Waals surface area contributed by atoms with E-state index in [0.29, 0.717) is 0 Å². The van der Waals surface area contributed by atoms with E-state index in [2.05, 4.69) is 6.92 Å². The first-order chi connectivity index (χ1) is 9.34. The first-order valence-corrected chi connectivity index (χ1v) is 9.34. The van der Waals surface area contributed by atoms with E-state index in [1.807, 2.05) is 0 Å². The Kier molecular flexibility index (Phi) is 7.32. The van der Waals surface area contributed by atoms with Crippen molar-refractivity contribution >= 4 is 0 Å². The molecule has 0 N–H and O–H groups in total. The minimum absolute atomic E-state index is 1.05. The summed E-state index contributed by atoms with van der Waals surface area (Å²) in [4.78, 5) is 0. The SMILES string of the molecule is C1CC2CCC1C2.C1CCCCC1.CC1CCCC1. The number of fused-ring (bicyclic) bond motifs is 2. The summed E-state index contributed by atoms with van der Waals surface area (Å²) in [5, 5.41) is 0. The fraction of sp³-hybridized carbons (Fsp3) is 1.00. The van der Waals surface area contributed by atoms with Gasteiger partial charge < -0.3 is 0 Å². The molecule has 0 aromatic carbocycles. The number of rotatable bonds is 0. The Morgan fingerprint density at radius 1 is 0.474 bits per heavy atom. The second kappa shape index (κ2) is 9.03. The highest BCUT2D eigenvalue weighted by molar-refractivity contribution is 4.82. The Morgan fingerprint density at radius 3 is 1.00 bits per heavy atom. The molecule has 4 aliphatic rings. The van der Waals surface area contributed by atoms with Crippen LogP contribution in [-0.2, 0) is 0 Å². The van der Waals surface area contributed by atoms with E-state index < -0.39 is 0 Å². The third kappa shape index (κ3) is 6.32. The summed E-state index contributed by atoms with van der Waals surface area (Å²) >= 11 is 0. The van der Waals surface area contributed by atoms with Crippen molar-refractivity contribution in [2.75, 3.05) is 0 Å². The molecule has 0 spiro atoms. The highest BCUT2D eigenvalue weighted by Gasteiger charge is 2.30. The van der Waals surface area contributed by atoms with Gasteiger partial charge in [0.05, 0.1) is 0 Å². The minimum Gasteiger partial charge on any atom is -0.0625 e. The van der Waals surface area contributed by atoms with Gasteiger partial charge in [-0.15, -0.1) is 0 Å². The molecule has 0 unspecified atom stereocenters. The lowest BCUT2D eigenvalue weighted by atomic mass is 10.0. The van der Waals surface area contributed by atoms with Gasteiger partial charge in [-0.2, -0.15) is 0 Å². The molecule has 0 aromatic heterocycles. The van der Waals surface area contributed by atoms with Gasteiger partial charge in [-0.1, -0.05) is 96.8 Å². The molecule has 0 atom stereocenters. The van der Waals surface area contributed by atoms with E-state index in [1.54, 1.807) is 32.1 Å². The molecule has 0 aliphatic heterocycles. The zero-order chi connectivity index (χ0) is 13.3. The summed E-state index contributed by atoms with van der Waals surface area (Å²) in [5.74, 6) is 3.39. The molecule has 4 saturated carbocycles. The third-order valence-corrected chi connectivity index (χ3v) is 5.78. The predicted octanol–water partition coefficient (Wildman–Crippen LogP) is 6.73. The molecule has 4 fully saturated rings. The van der Waals surface area contributed by atoms with Crippen LogP contribution >= 0.6 is 0 Å². The van der Waals surface area contributed by atoms with E-state index in [-0.39, 0.29) is 0 Å². The monoisotopic (exact) mass is 264 g/mol. The van der Waals surface area contributed by atoms with Crippen molar-refractivity contribution in [1.82, 2.24) is 0 Å². The quantitative estimate of drug-likeness (QED) is 0.455. The fourth-order valence-corrected chi connectivity index (χ4v) is 4.36. The van der Waals surface area contributed by atoms with Crippen LogP contribution in [0.25, 0.3) is 0 Å². The third-order valence-electron chi connectivity index (χ3n) is 5.78. The first kappa shape index (κ1) is 15.4. The number of hydrogen-bond acceptors (Lipinski definition) is 0. The van der Waals surface area contributed by atoms with Gasteiger partial charge in [-0.3, -0.25) is 0 Å². The second-order valence-electron chi connectivity index (χ2n) is 7.63. The van der Waals surface area contributed by atoms with Gasteiger partial charge in [0.15, 0.2) is 0 Å². The molecule has 0 nitrogen and oxygen atoms in total. The van der Waals surface area contributed by atoms with E-state index >= 15 is 0 Å². The Morgan fingerprint density at radius 2 is 0.842 bits per heavy atom. The molecule has 0 heteroatoms. The van der Waals surface area contributed by atoms with Crippen molar-refractivity contribution in [3.05, 3.63) is 0 Å². The fourth-order valence-electron chi connectivity index (χ4n) is 4.36. The first-order valence-electron chi connectivity index (χ1n) is 9.34. The maximum atomic E-state index is 2.34. The molecule has 2 bridgehead atoms. The summed E-state index contributed by atoms with van der Waals surface area (Å²) in [7, 11) is 0. The highest BCUT2D eigenvalue weighted by atomic mass is 14.4. The second-order valence-corrected chi connectivity index (χ2v) is 7.63. The van der Waals surface area contributed by atoms with Gasteiger partial charge in [-0.05, 0) is 24.2 Å². The zero-order valence-electron chi connectivity index (χ0n) is 13.3. The van der Waals surface area contributed by atoms with Crippen LogP contribution < -0.4 is 0 Å². The van der Waals surface area contributed by atoms with Gasteiger partial charge >= 0.3 is 0 Å².